The maximum atomic E-state index is 13.4. The number of carboxylic acid groups (broad SMARTS) is 1. The first kappa shape index (κ1) is 24.7. The molecule has 2 atom stereocenters. The van der Waals surface area contributed by atoms with Crippen LogP contribution in [0, 0.1) is 0 Å². The van der Waals surface area contributed by atoms with Gasteiger partial charge in [0.1, 0.15) is 12.6 Å². The van der Waals surface area contributed by atoms with Gasteiger partial charge in [0.15, 0.2) is 0 Å². The molecule has 1 heterocycles. The minimum absolute atomic E-state index is 0.0711. The first-order valence-electron chi connectivity index (χ1n) is 12.1. The third-order valence-electron chi connectivity index (χ3n) is 6.80. The predicted octanol–water partition coefficient (Wildman–Crippen LogP) is 3.31. The molecule has 2 N–H and O–H groups in total. The fraction of sp³-hybridized carbons (Fsp3) is 0.444. The Kier molecular flexibility index (Phi) is 7.70. The number of carboxylic acids is 1. The van der Waals surface area contributed by atoms with E-state index >= 15 is 0 Å². The summed E-state index contributed by atoms with van der Waals surface area (Å²) in [5.41, 5.74) is 4.53. The van der Waals surface area contributed by atoms with Gasteiger partial charge in [0.05, 0.1) is 6.42 Å². The Hall–Kier alpha value is -3.39. The van der Waals surface area contributed by atoms with Crippen LogP contribution in [0.3, 0.4) is 0 Å². The first-order chi connectivity index (χ1) is 16.8. The number of aliphatic carboxylic acids is 1. The highest BCUT2D eigenvalue weighted by Gasteiger charge is 2.35. The molecule has 0 aromatic heterocycles. The molecule has 2 aliphatic rings. The number of hydrogen-bond donors (Lipinski definition) is 2. The number of nitrogens with one attached hydrogen (secondary N) is 1. The van der Waals surface area contributed by atoms with Gasteiger partial charge < -0.3 is 25.0 Å². The van der Waals surface area contributed by atoms with Crippen LogP contribution in [0.15, 0.2) is 48.5 Å². The van der Waals surface area contributed by atoms with Crippen LogP contribution in [0.1, 0.15) is 42.7 Å². The maximum absolute atomic E-state index is 13.4. The van der Waals surface area contributed by atoms with Crippen LogP contribution < -0.4 is 5.32 Å². The number of carbonyl (C=O) groups excluding carboxylic acids is 2. The zero-order valence-corrected chi connectivity index (χ0v) is 20.3. The number of fused-ring (bicyclic) bond motifs is 3. The molecule has 186 valence electrons. The molecule has 0 radical (unpaired) electrons. The first-order valence-corrected chi connectivity index (χ1v) is 12.1. The monoisotopic (exact) mass is 479 g/mol. The van der Waals surface area contributed by atoms with Crippen LogP contribution in [0.25, 0.3) is 11.1 Å². The summed E-state index contributed by atoms with van der Waals surface area (Å²) < 4.78 is 5.65. The standard InChI is InChI=1S/C27H33N3O5/c1-29(2)16-24(26(33)30-14-8-7-9-18(30)15-25(31)32)28-27(34)35-17-23-21-12-5-3-10-19(21)20-11-4-6-13-22(20)23/h3-6,10-13,18,23-24H,7-9,14-17H2,1-2H3,(H,28,34)(H,31,32). The number of rotatable bonds is 8. The number of benzene rings is 2. The lowest BCUT2D eigenvalue weighted by Crippen LogP contribution is -2.56. The smallest absolute Gasteiger partial charge is 0.407 e. The van der Waals surface area contributed by atoms with Crippen LogP contribution in [0.4, 0.5) is 4.79 Å². The molecule has 1 saturated heterocycles. The molecule has 1 aliphatic carbocycles. The van der Waals surface area contributed by atoms with Crippen molar-refractivity contribution in [2.75, 3.05) is 33.8 Å². The van der Waals surface area contributed by atoms with E-state index in [1.54, 1.807) is 4.90 Å². The fourth-order valence-electron chi connectivity index (χ4n) is 5.24. The Bertz CT molecular complexity index is 1040. The number of amides is 2. The van der Waals surface area contributed by atoms with Gasteiger partial charge in [-0.25, -0.2) is 4.79 Å². The summed E-state index contributed by atoms with van der Waals surface area (Å²) in [6.07, 6.45) is 1.61. The van der Waals surface area contributed by atoms with Crippen molar-refractivity contribution >= 4 is 18.0 Å². The van der Waals surface area contributed by atoms with Crippen molar-refractivity contribution in [1.82, 2.24) is 15.1 Å². The molecule has 2 amide bonds. The number of carbonyl (C=O) groups is 3. The molecule has 0 spiro atoms. The molecule has 0 saturated carbocycles. The highest BCUT2D eigenvalue weighted by Crippen LogP contribution is 2.44. The van der Waals surface area contributed by atoms with Crippen molar-refractivity contribution in [2.45, 2.75) is 43.7 Å². The Morgan fingerprint density at radius 1 is 1.06 bits per heavy atom. The van der Waals surface area contributed by atoms with Gasteiger partial charge in [-0.3, -0.25) is 9.59 Å². The second kappa shape index (κ2) is 10.9. The van der Waals surface area contributed by atoms with Crippen molar-refractivity contribution < 1.29 is 24.2 Å². The van der Waals surface area contributed by atoms with E-state index in [0.717, 1.165) is 35.1 Å². The number of likely N-dealkylation sites (tertiary alicyclic amines) is 1. The lowest BCUT2D eigenvalue weighted by molar-refractivity contribution is -0.143. The number of hydrogen-bond acceptors (Lipinski definition) is 5. The zero-order chi connectivity index (χ0) is 24.9. The average molecular weight is 480 g/mol. The summed E-state index contributed by atoms with van der Waals surface area (Å²) in [6, 6.07) is 15.0. The predicted molar refractivity (Wildman–Crippen MR) is 132 cm³/mol. The third-order valence-corrected chi connectivity index (χ3v) is 6.80. The van der Waals surface area contributed by atoms with E-state index in [1.807, 2.05) is 43.3 Å². The van der Waals surface area contributed by atoms with Crippen molar-refractivity contribution in [2.24, 2.45) is 0 Å². The van der Waals surface area contributed by atoms with Gasteiger partial charge >= 0.3 is 12.1 Å². The average Bonchev–Trinajstić information content (AvgIpc) is 3.15. The van der Waals surface area contributed by atoms with Crippen molar-refractivity contribution in [3.63, 3.8) is 0 Å². The van der Waals surface area contributed by atoms with Gasteiger partial charge in [0, 0.05) is 25.0 Å². The summed E-state index contributed by atoms with van der Waals surface area (Å²) in [4.78, 5) is 41.0. The second-order valence-corrected chi connectivity index (χ2v) is 9.56. The second-order valence-electron chi connectivity index (χ2n) is 9.56. The Balaban J connectivity index is 1.44. The van der Waals surface area contributed by atoms with Crippen molar-refractivity contribution in [3.8, 4) is 11.1 Å². The summed E-state index contributed by atoms with van der Waals surface area (Å²) >= 11 is 0. The Labute approximate surface area is 205 Å². The minimum atomic E-state index is -0.927. The van der Waals surface area contributed by atoms with Gasteiger partial charge in [-0.05, 0) is 55.6 Å². The summed E-state index contributed by atoms with van der Waals surface area (Å²) in [5.74, 6) is -1.26. The van der Waals surface area contributed by atoms with Crippen molar-refractivity contribution in [3.05, 3.63) is 59.7 Å². The highest BCUT2D eigenvalue weighted by molar-refractivity contribution is 5.87. The van der Waals surface area contributed by atoms with Crippen LogP contribution in [-0.2, 0) is 14.3 Å². The van der Waals surface area contributed by atoms with Crippen LogP contribution in [0.2, 0.25) is 0 Å². The Morgan fingerprint density at radius 2 is 1.69 bits per heavy atom. The topological polar surface area (TPSA) is 99.2 Å². The molecule has 2 aromatic rings. The lowest BCUT2D eigenvalue weighted by atomic mass is 9.98. The third kappa shape index (κ3) is 5.65. The van der Waals surface area contributed by atoms with Gasteiger partial charge in [0.2, 0.25) is 5.91 Å². The molecule has 35 heavy (non-hydrogen) atoms. The summed E-state index contributed by atoms with van der Waals surface area (Å²) in [5, 5.41) is 12.0. The van der Waals surface area contributed by atoms with E-state index in [1.165, 1.54) is 0 Å². The fourth-order valence-corrected chi connectivity index (χ4v) is 5.24. The summed E-state index contributed by atoms with van der Waals surface area (Å²) in [6.45, 7) is 0.945. The normalized spacial score (nSPS) is 18.0. The quantitative estimate of drug-likeness (QED) is 0.603. The Morgan fingerprint density at radius 3 is 2.29 bits per heavy atom. The molecular formula is C27H33N3O5. The van der Waals surface area contributed by atoms with E-state index in [0.29, 0.717) is 19.5 Å². The zero-order valence-electron chi connectivity index (χ0n) is 20.3. The molecule has 8 heteroatoms. The van der Waals surface area contributed by atoms with Gasteiger partial charge in [0.25, 0.3) is 0 Å². The SMILES string of the molecule is CN(C)CC(NC(=O)OCC1c2ccccc2-c2ccccc21)C(=O)N1CCCCC1CC(=O)O. The molecule has 2 aromatic carbocycles. The molecule has 4 rings (SSSR count). The largest absolute Gasteiger partial charge is 0.481 e. The van der Waals surface area contributed by atoms with E-state index in [9.17, 15) is 19.5 Å². The molecule has 0 bridgehead atoms. The molecular weight excluding hydrogens is 446 g/mol. The van der Waals surface area contributed by atoms with Crippen LogP contribution >= 0.6 is 0 Å². The molecule has 1 fully saturated rings. The van der Waals surface area contributed by atoms with Gasteiger partial charge in [-0.2, -0.15) is 0 Å². The van der Waals surface area contributed by atoms with Crippen molar-refractivity contribution in [1.29, 1.82) is 0 Å². The van der Waals surface area contributed by atoms with Gasteiger partial charge in [-0.15, -0.1) is 0 Å². The van der Waals surface area contributed by atoms with E-state index < -0.39 is 18.1 Å². The minimum Gasteiger partial charge on any atom is -0.481 e. The van der Waals surface area contributed by atoms with Crippen LogP contribution in [0.5, 0.6) is 0 Å². The molecule has 8 nitrogen and oxygen atoms in total. The number of likely N-dealkylation sites (N-methyl/N-ethyl adjacent to an activating group) is 1. The number of ether oxygens (including phenoxy) is 1. The number of nitrogens with zero attached hydrogens (tertiary/aromatic N) is 2. The summed E-state index contributed by atoms with van der Waals surface area (Å²) in [7, 11) is 3.65. The lowest BCUT2D eigenvalue weighted by Gasteiger charge is -2.37. The van der Waals surface area contributed by atoms with Gasteiger partial charge in [-0.1, -0.05) is 48.5 Å². The number of piperidine rings is 1. The van der Waals surface area contributed by atoms with E-state index in [-0.39, 0.29) is 30.9 Å². The van der Waals surface area contributed by atoms with Crippen LogP contribution in [-0.4, -0.2) is 78.8 Å². The molecule has 2 unspecified atom stereocenters. The maximum Gasteiger partial charge on any atom is 0.407 e. The molecule has 1 aliphatic heterocycles. The highest BCUT2D eigenvalue weighted by atomic mass is 16.5. The van der Waals surface area contributed by atoms with E-state index in [2.05, 4.69) is 29.6 Å². The van der Waals surface area contributed by atoms with E-state index in [4.69, 9.17) is 4.74 Å². The number of alkyl carbamates (subject to hydrolysis) is 1.